The minimum atomic E-state index is 0.502. The van der Waals surface area contributed by atoms with Crippen molar-refractivity contribution in [1.29, 1.82) is 0 Å². The van der Waals surface area contributed by atoms with Crippen LogP contribution in [0.2, 0.25) is 0 Å². The second kappa shape index (κ2) is 2.51. The molecular weight excluding hydrogens is 130 g/mol. The van der Waals surface area contributed by atoms with Crippen LogP contribution in [0.3, 0.4) is 0 Å². The quantitative estimate of drug-likeness (QED) is 0.637. The summed E-state index contributed by atoms with van der Waals surface area (Å²) in [4.78, 5) is 0. The molecule has 54 valence electrons. The van der Waals surface area contributed by atoms with Gasteiger partial charge < -0.3 is 5.73 Å². The van der Waals surface area contributed by atoms with Gasteiger partial charge in [-0.1, -0.05) is 6.92 Å². The summed E-state index contributed by atoms with van der Waals surface area (Å²) in [5.74, 6) is 1.28. The van der Waals surface area contributed by atoms with Gasteiger partial charge in [0.25, 0.3) is 0 Å². The third kappa shape index (κ3) is 1.62. The fourth-order valence-corrected chi connectivity index (χ4v) is 2.61. The molecule has 1 aliphatic carbocycles. The molecule has 1 rings (SSSR count). The lowest BCUT2D eigenvalue weighted by Gasteiger charge is -2.43. The van der Waals surface area contributed by atoms with Crippen LogP contribution in [0.4, 0.5) is 0 Å². The Bertz CT molecular complexity index is 91.6. The van der Waals surface area contributed by atoms with E-state index in [4.69, 9.17) is 5.73 Å². The van der Waals surface area contributed by atoms with E-state index in [-0.39, 0.29) is 0 Å². The van der Waals surface area contributed by atoms with E-state index in [1.165, 1.54) is 18.6 Å². The van der Waals surface area contributed by atoms with Gasteiger partial charge in [0.15, 0.2) is 0 Å². The average Bonchev–Trinajstić information content (AvgIpc) is 1.62. The fourth-order valence-electron chi connectivity index (χ4n) is 1.67. The highest BCUT2D eigenvalue weighted by atomic mass is 32.2. The Morgan fingerprint density at radius 2 is 2.22 bits per heavy atom. The Kier molecular flexibility index (Phi) is 2.07. The molecule has 0 bridgehead atoms. The van der Waals surface area contributed by atoms with Crippen LogP contribution < -0.4 is 5.73 Å². The standard InChI is InChI=1S/C7H15NS/c1-7(5-9-2)3-6(8)4-7/h6H,3-5,8H2,1-2H3. The maximum Gasteiger partial charge on any atom is 0.00498 e. The van der Waals surface area contributed by atoms with Crippen LogP contribution in [0.5, 0.6) is 0 Å². The summed E-state index contributed by atoms with van der Waals surface area (Å²) in [6.07, 6.45) is 4.62. The largest absolute Gasteiger partial charge is 0.328 e. The molecule has 0 heterocycles. The molecule has 0 radical (unpaired) electrons. The SMILES string of the molecule is CSCC1(C)CC(N)C1. The summed E-state index contributed by atoms with van der Waals surface area (Å²) in [6.45, 7) is 2.33. The van der Waals surface area contributed by atoms with E-state index in [1.807, 2.05) is 11.8 Å². The molecule has 1 aliphatic rings. The molecule has 1 saturated carbocycles. The maximum atomic E-state index is 5.68. The van der Waals surface area contributed by atoms with Gasteiger partial charge in [-0.3, -0.25) is 0 Å². The molecule has 0 saturated heterocycles. The molecule has 0 unspecified atom stereocenters. The second-order valence-electron chi connectivity index (χ2n) is 3.41. The molecule has 1 fully saturated rings. The first kappa shape index (κ1) is 7.42. The van der Waals surface area contributed by atoms with Gasteiger partial charge in [-0.2, -0.15) is 11.8 Å². The highest BCUT2D eigenvalue weighted by molar-refractivity contribution is 7.98. The Morgan fingerprint density at radius 3 is 2.56 bits per heavy atom. The predicted molar refractivity (Wildman–Crippen MR) is 43.7 cm³/mol. The summed E-state index contributed by atoms with van der Waals surface area (Å²) < 4.78 is 0. The molecule has 9 heavy (non-hydrogen) atoms. The smallest absolute Gasteiger partial charge is 0.00498 e. The summed E-state index contributed by atoms with van der Waals surface area (Å²) >= 11 is 1.93. The lowest BCUT2D eigenvalue weighted by Crippen LogP contribution is -2.45. The Labute approximate surface area is 61.4 Å². The Balaban J connectivity index is 2.23. The first-order valence-corrected chi connectivity index (χ1v) is 4.80. The molecule has 0 aromatic heterocycles. The van der Waals surface area contributed by atoms with E-state index in [0.717, 1.165) is 0 Å². The average molecular weight is 145 g/mol. The summed E-state index contributed by atoms with van der Waals surface area (Å²) in [5.41, 5.74) is 6.26. The van der Waals surface area contributed by atoms with Crippen molar-refractivity contribution in [2.75, 3.05) is 12.0 Å². The molecule has 2 N–H and O–H groups in total. The zero-order chi connectivity index (χ0) is 6.91. The number of rotatable bonds is 2. The van der Waals surface area contributed by atoms with E-state index in [0.29, 0.717) is 11.5 Å². The molecule has 2 heteroatoms. The summed E-state index contributed by atoms with van der Waals surface area (Å²) in [7, 11) is 0. The van der Waals surface area contributed by atoms with Crippen LogP contribution in [-0.4, -0.2) is 18.1 Å². The molecule has 0 amide bonds. The van der Waals surface area contributed by atoms with Crippen LogP contribution in [0.1, 0.15) is 19.8 Å². The third-order valence-corrected chi connectivity index (χ3v) is 2.99. The van der Waals surface area contributed by atoms with Crippen LogP contribution in [0, 0.1) is 5.41 Å². The molecule has 0 spiro atoms. The highest BCUT2D eigenvalue weighted by Gasteiger charge is 2.37. The van der Waals surface area contributed by atoms with E-state index in [9.17, 15) is 0 Å². The molecule has 1 nitrogen and oxygen atoms in total. The van der Waals surface area contributed by atoms with Gasteiger partial charge in [-0.05, 0) is 30.3 Å². The van der Waals surface area contributed by atoms with Gasteiger partial charge in [-0.25, -0.2) is 0 Å². The van der Waals surface area contributed by atoms with Gasteiger partial charge >= 0.3 is 0 Å². The highest BCUT2D eigenvalue weighted by Crippen LogP contribution is 2.41. The minimum Gasteiger partial charge on any atom is -0.328 e. The van der Waals surface area contributed by atoms with Gasteiger partial charge in [0.2, 0.25) is 0 Å². The zero-order valence-corrected chi connectivity index (χ0v) is 7.00. The van der Waals surface area contributed by atoms with Gasteiger partial charge in [-0.15, -0.1) is 0 Å². The maximum absolute atomic E-state index is 5.68. The van der Waals surface area contributed by atoms with Gasteiger partial charge in [0, 0.05) is 6.04 Å². The van der Waals surface area contributed by atoms with Crippen molar-refractivity contribution in [1.82, 2.24) is 0 Å². The van der Waals surface area contributed by atoms with E-state index in [1.54, 1.807) is 0 Å². The number of hydrogen-bond acceptors (Lipinski definition) is 2. The topological polar surface area (TPSA) is 26.0 Å². The van der Waals surface area contributed by atoms with E-state index >= 15 is 0 Å². The first-order valence-electron chi connectivity index (χ1n) is 3.41. The van der Waals surface area contributed by atoms with Crippen LogP contribution >= 0.6 is 11.8 Å². The monoisotopic (exact) mass is 145 g/mol. The lowest BCUT2D eigenvalue weighted by atomic mass is 9.69. The van der Waals surface area contributed by atoms with E-state index < -0.39 is 0 Å². The first-order chi connectivity index (χ1) is 4.16. The Hall–Kier alpha value is 0.310. The lowest BCUT2D eigenvalue weighted by molar-refractivity contribution is 0.161. The Morgan fingerprint density at radius 1 is 1.67 bits per heavy atom. The normalized spacial score (nSPS) is 42.3. The molecule has 0 aliphatic heterocycles. The fraction of sp³-hybridized carbons (Fsp3) is 1.00. The van der Waals surface area contributed by atoms with Crippen molar-refractivity contribution in [2.24, 2.45) is 11.1 Å². The molecule has 0 atom stereocenters. The van der Waals surface area contributed by atoms with Crippen molar-refractivity contribution in [3.8, 4) is 0 Å². The third-order valence-electron chi connectivity index (χ3n) is 2.00. The van der Waals surface area contributed by atoms with E-state index in [2.05, 4.69) is 13.2 Å². The molecule has 0 aromatic rings. The predicted octanol–water partition coefficient (Wildman–Crippen LogP) is 1.48. The minimum absolute atomic E-state index is 0.502. The summed E-state index contributed by atoms with van der Waals surface area (Å²) in [6, 6.07) is 0.502. The van der Waals surface area contributed by atoms with Crippen molar-refractivity contribution >= 4 is 11.8 Å². The summed E-state index contributed by atoms with van der Waals surface area (Å²) in [5, 5.41) is 0. The van der Waals surface area contributed by atoms with Crippen molar-refractivity contribution in [3.63, 3.8) is 0 Å². The second-order valence-corrected chi connectivity index (χ2v) is 4.28. The number of nitrogens with two attached hydrogens (primary N) is 1. The number of thioether (sulfide) groups is 1. The van der Waals surface area contributed by atoms with Crippen LogP contribution in [0.25, 0.3) is 0 Å². The van der Waals surface area contributed by atoms with Gasteiger partial charge in [0.05, 0.1) is 0 Å². The van der Waals surface area contributed by atoms with Crippen molar-refractivity contribution < 1.29 is 0 Å². The molecular formula is C7H15NS. The number of hydrogen-bond donors (Lipinski definition) is 1. The van der Waals surface area contributed by atoms with Gasteiger partial charge in [0.1, 0.15) is 0 Å². The van der Waals surface area contributed by atoms with Crippen LogP contribution in [0.15, 0.2) is 0 Å². The zero-order valence-electron chi connectivity index (χ0n) is 6.18. The van der Waals surface area contributed by atoms with Crippen molar-refractivity contribution in [2.45, 2.75) is 25.8 Å². The van der Waals surface area contributed by atoms with Crippen LogP contribution in [-0.2, 0) is 0 Å². The molecule has 0 aromatic carbocycles. The van der Waals surface area contributed by atoms with Crippen molar-refractivity contribution in [3.05, 3.63) is 0 Å².